The van der Waals surface area contributed by atoms with Gasteiger partial charge in [0, 0.05) is 14.1 Å². The Bertz CT molecular complexity index is 1070. The normalized spacial score (nSPS) is 13.9. The van der Waals surface area contributed by atoms with Crippen LogP contribution in [0, 0.1) is 0 Å². The van der Waals surface area contributed by atoms with Crippen LogP contribution in [0.1, 0.15) is 5.56 Å². The van der Waals surface area contributed by atoms with Gasteiger partial charge < -0.3 is 4.57 Å². The van der Waals surface area contributed by atoms with Crippen molar-refractivity contribution in [3.8, 4) is 0 Å². The summed E-state index contributed by atoms with van der Waals surface area (Å²) in [6.07, 6.45) is 0. The molecule has 3 aromatic rings. The fraction of sp³-hybridized carbons (Fsp3) is 0.188. The summed E-state index contributed by atoms with van der Waals surface area (Å²) in [5, 5.41) is 2.79. The van der Waals surface area contributed by atoms with Crippen LogP contribution in [0.25, 0.3) is 16.7 Å². The molecule has 0 amide bonds. The van der Waals surface area contributed by atoms with Crippen LogP contribution in [0.3, 0.4) is 0 Å². The summed E-state index contributed by atoms with van der Waals surface area (Å²) in [5.41, 5.74) is 2.48. The first-order valence-corrected chi connectivity index (χ1v) is 8.03. The highest BCUT2D eigenvalue weighted by Crippen LogP contribution is 2.33. The minimum atomic E-state index is -0.362. The molecular formula is C16H14N4O2S. The van der Waals surface area contributed by atoms with Crippen molar-refractivity contribution in [2.45, 2.75) is 11.7 Å². The molecule has 6 nitrogen and oxygen atoms in total. The standard InChI is InChI=1S/C16H14N4O2S/c1-18-13-12(14(21)19(2)16(18)22)20-8-11(9-23-15(20)17-13)10-6-4-3-5-7-10/h3-7,9H,8H2,1-2H3. The number of hydrogen-bond acceptors (Lipinski definition) is 4. The summed E-state index contributed by atoms with van der Waals surface area (Å²) in [4.78, 5) is 29.1. The van der Waals surface area contributed by atoms with Crippen molar-refractivity contribution in [2.24, 2.45) is 14.1 Å². The third-order valence-corrected chi connectivity index (χ3v) is 5.02. The average molecular weight is 326 g/mol. The third-order valence-electron chi connectivity index (χ3n) is 4.09. The molecule has 23 heavy (non-hydrogen) atoms. The quantitative estimate of drug-likeness (QED) is 0.681. The van der Waals surface area contributed by atoms with Crippen molar-refractivity contribution in [3.63, 3.8) is 0 Å². The molecular weight excluding hydrogens is 312 g/mol. The molecule has 0 saturated carbocycles. The lowest BCUT2D eigenvalue weighted by Crippen LogP contribution is -2.37. The molecule has 0 saturated heterocycles. The zero-order valence-corrected chi connectivity index (χ0v) is 13.5. The summed E-state index contributed by atoms with van der Waals surface area (Å²) in [7, 11) is 3.13. The van der Waals surface area contributed by atoms with Crippen LogP contribution in [0.2, 0.25) is 0 Å². The van der Waals surface area contributed by atoms with E-state index in [1.165, 1.54) is 23.4 Å². The molecule has 2 aromatic heterocycles. The van der Waals surface area contributed by atoms with Crippen LogP contribution in [0.15, 0.2) is 50.5 Å². The van der Waals surface area contributed by atoms with Gasteiger partial charge in [0.15, 0.2) is 16.3 Å². The van der Waals surface area contributed by atoms with Crippen LogP contribution in [-0.2, 0) is 20.6 Å². The van der Waals surface area contributed by atoms with Gasteiger partial charge in [-0.15, -0.1) is 0 Å². The van der Waals surface area contributed by atoms with Crippen molar-refractivity contribution in [3.05, 3.63) is 62.1 Å². The molecule has 3 heterocycles. The number of benzene rings is 1. The zero-order valence-electron chi connectivity index (χ0n) is 12.7. The Morgan fingerprint density at radius 3 is 2.57 bits per heavy atom. The van der Waals surface area contributed by atoms with Crippen molar-refractivity contribution in [1.29, 1.82) is 0 Å². The first-order chi connectivity index (χ1) is 11.1. The van der Waals surface area contributed by atoms with Crippen molar-refractivity contribution < 1.29 is 0 Å². The van der Waals surface area contributed by atoms with Gasteiger partial charge in [-0.2, -0.15) is 0 Å². The Balaban J connectivity index is 1.94. The van der Waals surface area contributed by atoms with E-state index in [4.69, 9.17) is 0 Å². The van der Waals surface area contributed by atoms with Crippen LogP contribution in [0.5, 0.6) is 0 Å². The molecule has 0 atom stereocenters. The van der Waals surface area contributed by atoms with E-state index in [1.54, 1.807) is 7.05 Å². The van der Waals surface area contributed by atoms with Crippen molar-refractivity contribution in [2.75, 3.05) is 0 Å². The predicted octanol–water partition coefficient (Wildman–Crippen LogP) is 1.58. The second kappa shape index (κ2) is 4.99. The Kier molecular flexibility index (Phi) is 3.05. The zero-order chi connectivity index (χ0) is 16.1. The number of rotatable bonds is 1. The molecule has 1 aliphatic rings. The predicted molar refractivity (Wildman–Crippen MR) is 90.5 cm³/mol. The van der Waals surface area contributed by atoms with E-state index in [0.717, 1.165) is 20.9 Å². The maximum absolute atomic E-state index is 12.5. The number of nitrogens with zero attached hydrogens (tertiary/aromatic N) is 4. The van der Waals surface area contributed by atoms with E-state index in [2.05, 4.69) is 10.4 Å². The number of allylic oxidation sites excluding steroid dienone is 1. The third kappa shape index (κ3) is 2.00. The second-order valence-corrected chi connectivity index (χ2v) is 6.32. The first-order valence-electron chi connectivity index (χ1n) is 7.15. The van der Waals surface area contributed by atoms with Gasteiger partial charge in [0.05, 0.1) is 6.54 Å². The molecule has 4 rings (SSSR count). The van der Waals surface area contributed by atoms with E-state index in [9.17, 15) is 9.59 Å². The molecule has 1 aromatic carbocycles. The van der Waals surface area contributed by atoms with Gasteiger partial charge in [-0.1, -0.05) is 42.1 Å². The number of aromatic nitrogens is 4. The maximum atomic E-state index is 12.5. The summed E-state index contributed by atoms with van der Waals surface area (Å²) < 4.78 is 4.44. The molecule has 1 aliphatic heterocycles. The molecule has 0 N–H and O–H groups in total. The van der Waals surface area contributed by atoms with Gasteiger partial charge in [0.25, 0.3) is 5.56 Å². The van der Waals surface area contributed by atoms with Crippen LogP contribution in [-0.4, -0.2) is 18.7 Å². The number of imidazole rings is 1. The summed E-state index contributed by atoms with van der Waals surface area (Å²) in [5.74, 6) is 0. The van der Waals surface area contributed by atoms with Crippen molar-refractivity contribution in [1.82, 2.24) is 18.7 Å². The van der Waals surface area contributed by atoms with Gasteiger partial charge in [-0.25, -0.2) is 9.78 Å². The highest BCUT2D eigenvalue weighted by Gasteiger charge is 2.22. The molecule has 7 heteroatoms. The summed E-state index contributed by atoms with van der Waals surface area (Å²) in [6.45, 7) is 0.566. The monoisotopic (exact) mass is 326 g/mol. The lowest BCUT2D eigenvalue weighted by atomic mass is 10.1. The Morgan fingerprint density at radius 2 is 1.83 bits per heavy atom. The summed E-state index contributed by atoms with van der Waals surface area (Å²) in [6, 6.07) is 10.1. The minimum absolute atomic E-state index is 0.309. The van der Waals surface area contributed by atoms with Gasteiger partial charge >= 0.3 is 5.69 Å². The smallest absolute Gasteiger partial charge is 0.308 e. The molecule has 0 bridgehead atoms. The highest BCUT2D eigenvalue weighted by atomic mass is 32.2. The minimum Gasteiger partial charge on any atom is -0.308 e. The molecule has 116 valence electrons. The maximum Gasteiger partial charge on any atom is 0.332 e. The van der Waals surface area contributed by atoms with Crippen LogP contribution < -0.4 is 11.2 Å². The summed E-state index contributed by atoms with van der Waals surface area (Å²) >= 11 is 1.47. The highest BCUT2D eigenvalue weighted by molar-refractivity contribution is 8.02. The Morgan fingerprint density at radius 1 is 1.09 bits per heavy atom. The number of aryl methyl sites for hydroxylation is 1. The fourth-order valence-electron chi connectivity index (χ4n) is 2.81. The van der Waals surface area contributed by atoms with Gasteiger partial charge in [-0.3, -0.25) is 13.9 Å². The van der Waals surface area contributed by atoms with E-state index in [-0.39, 0.29) is 11.2 Å². The second-order valence-electron chi connectivity index (χ2n) is 5.49. The van der Waals surface area contributed by atoms with E-state index < -0.39 is 0 Å². The number of fused-ring (bicyclic) bond motifs is 3. The number of hydrogen-bond donors (Lipinski definition) is 0. The Labute approximate surface area is 135 Å². The lowest BCUT2D eigenvalue weighted by molar-refractivity contribution is 0.701. The SMILES string of the molecule is Cn1c(=O)c2c(nc3n2CC(c2ccccc2)=CS3)n(C)c1=O. The number of thioether (sulfide) groups is 1. The van der Waals surface area contributed by atoms with Crippen molar-refractivity contribution >= 4 is 28.5 Å². The van der Waals surface area contributed by atoms with Gasteiger partial charge in [-0.05, 0) is 16.5 Å². The first kappa shape index (κ1) is 14.1. The van der Waals surface area contributed by atoms with E-state index in [1.807, 2.05) is 34.9 Å². The molecule has 0 radical (unpaired) electrons. The molecule has 0 fully saturated rings. The van der Waals surface area contributed by atoms with E-state index in [0.29, 0.717) is 17.7 Å². The Hall–Kier alpha value is -2.54. The average Bonchev–Trinajstić information content (AvgIpc) is 2.97. The molecule has 0 aliphatic carbocycles. The largest absolute Gasteiger partial charge is 0.332 e. The molecule has 0 unspecified atom stereocenters. The fourth-order valence-corrected chi connectivity index (χ4v) is 3.69. The van der Waals surface area contributed by atoms with Gasteiger partial charge in [0.1, 0.15) is 0 Å². The lowest BCUT2D eigenvalue weighted by Gasteiger charge is -2.16. The van der Waals surface area contributed by atoms with E-state index >= 15 is 0 Å². The van der Waals surface area contributed by atoms with Crippen LogP contribution >= 0.6 is 11.8 Å². The van der Waals surface area contributed by atoms with Gasteiger partial charge in [0.2, 0.25) is 0 Å². The molecule has 0 spiro atoms. The topological polar surface area (TPSA) is 61.8 Å². The van der Waals surface area contributed by atoms with Crippen LogP contribution in [0.4, 0.5) is 0 Å².